The Morgan fingerprint density at radius 1 is 1.25 bits per heavy atom. The van der Waals surface area contributed by atoms with Crippen LogP contribution < -0.4 is 9.64 Å². The van der Waals surface area contributed by atoms with Crippen LogP contribution in [-0.4, -0.2) is 42.5 Å². The molecule has 5 nitrogen and oxygen atoms in total. The molecule has 2 heterocycles. The van der Waals surface area contributed by atoms with Gasteiger partial charge in [0.1, 0.15) is 5.75 Å². The first-order valence-electron chi connectivity index (χ1n) is 8.95. The molecular formula is C19H26N2O3. The number of hydrogen-bond donors (Lipinski definition) is 0. The predicted molar refractivity (Wildman–Crippen MR) is 93.1 cm³/mol. The summed E-state index contributed by atoms with van der Waals surface area (Å²) in [5.74, 6) is 1.53. The molecule has 1 atom stereocenters. The van der Waals surface area contributed by atoms with E-state index < -0.39 is 6.10 Å². The number of benzene rings is 1. The Labute approximate surface area is 143 Å². The van der Waals surface area contributed by atoms with Gasteiger partial charge in [0.2, 0.25) is 5.91 Å². The largest absolute Gasteiger partial charge is 0.478 e. The molecule has 3 rings (SSSR count). The molecule has 0 spiro atoms. The Hall–Kier alpha value is -2.04. The van der Waals surface area contributed by atoms with Gasteiger partial charge >= 0.3 is 0 Å². The van der Waals surface area contributed by atoms with Crippen molar-refractivity contribution in [3.8, 4) is 5.75 Å². The minimum Gasteiger partial charge on any atom is -0.478 e. The standard InChI is InChI=1S/C19H26N2O3/c1-3-16-19(23)21(15-6-4-5-7-17(15)24-16)13-10-18(22)20-11-8-14(2)9-12-20/h4-7,14,16H,3,8-13H2,1-2H3. The lowest BCUT2D eigenvalue weighted by atomic mass is 9.99. The molecule has 1 saturated heterocycles. The van der Waals surface area contributed by atoms with E-state index in [0.29, 0.717) is 25.3 Å². The van der Waals surface area contributed by atoms with E-state index in [2.05, 4.69) is 6.92 Å². The average molecular weight is 330 g/mol. The summed E-state index contributed by atoms with van der Waals surface area (Å²) < 4.78 is 5.77. The van der Waals surface area contributed by atoms with Gasteiger partial charge in [0.25, 0.3) is 5.91 Å². The van der Waals surface area contributed by atoms with E-state index >= 15 is 0 Å². The van der Waals surface area contributed by atoms with Crippen LogP contribution >= 0.6 is 0 Å². The Morgan fingerprint density at radius 2 is 1.96 bits per heavy atom. The van der Waals surface area contributed by atoms with Crippen LogP contribution in [0.1, 0.15) is 39.5 Å². The molecule has 0 saturated carbocycles. The van der Waals surface area contributed by atoms with Crippen LogP contribution in [0.4, 0.5) is 5.69 Å². The fourth-order valence-electron chi connectivity index (χ4n) is 3.39. The minimum atomic E-state index is -0.453. The lowest BCUT2D eigenvalue weighted by Gasteiger charge is -2.35. The number of para-hydroxylation sites is 2. The van der Waals surface area contributed by atoms with E-state index in [4.69, 9.17) is 4.74 Å². The topological polar surface area (TPSA) is 49.9 Å². The molecule has 0 aromatic heterocycles. The van der Waals surface area contributed by atoms with Gasteiger partial charge in [0.05, 0.1) is 5.69 Å². The van der Waals surface area contributed by atoms with E-state index in [1.807, 2.05) is 36.1 Å². The van der Waals surface area contributed by atoms with Crippen molar-refractivity contribution in [1.82, 2.24) is 4.90 Å². The second-order valence-electron chi connectivity index (χ2n) is 6.79. The number of fused-ring (bicyclic) bond motifs is 1. The molecule has 0 bridgehead atoms. The number of likely N-dealkylation sites (tertiary alicyclic amines) is 1. The SMILES string of the molecule is CCC1Oc2ccccc2N(CCC(=O)N2CCC(C)CC2)C1=O. The Balaban J connectivity index is 1.67. The van der Waals surface area contributed by atoms with Gasteiger partial charge in [-0.1, -0.05) is 26.0 Å². The zero-order chi connectivity index (χ0) is 17.1. The lowest BCUT2D eigenvalue weighted by molar-refractivity contribution is -0.132. The summed E-state index contributed by atoms with van der Waals surface area (Å²) in [4.78, 5) is 28.8. The van der Waals surface area contributed by atoms with E-state index in [9.17, 15) is 9.59 Å². The van der Waals surface area contributed by atoms with Gasteiger partial charge < -0.3 is 14.5 Å². The number of nitrogens with zero attached hydrogens (tertiary/aromatic N) is 2. The molecule has 0 N–H and O–H groups in total. The van der Waals surface area contributed by atoms with Gasteiger partial charge in [-0.3, -0.25) is 9.59 Å². The number of ether oxygens (including phenoxy) is 1. The monoisotopic (exact) mass is 330 g/mol. The van der Waals surface area contributed by atoms with Crippen molar-refractivity contribution in [1.29, 1.82) is 0 Å². The van der Waals surface area contributed by atoms with Crippen LogP contribution in [0.3, 0.4) is 0 Å². The van der Waals surface area contributed by atoms with Crippen LogP contribution in [0.15, 0.2) is 24.3 Å². The van der Waals surface area contributed by atoms with Crippen LogP contribution in [0.5, 0.6) is 5.75 Å². The normalized spacial score (nSPS) is 21.4. The smallest absolute Gasteiger partial charge is 0.268 e. The van der Waals surface area contributed by atoms with E-state index in [1.54, 1.807) is 4.90 Å². The molecule has 1 aromatic carbocycles. The van der Waals surface area contributed by atoms with Crippen LogP contribution in [0.2, 0.25) is 0 Å². The third kappa shape index (κ3) is 3.40. The first-order chi connectivity index (χ1) is 11.6. The zero-order valence-electron chi connectivity index (χ0n) is 14.5. The fourth-order valence-corrected chi connectivity index (χ4v) is 3.39. The lowest BCUT2D eigenvalue weighted by Crippen LogP contribution is -2.47. The van der Waals surface area contributed by atoms with E-state index in [0.717, 1.165) is 37.4 Å². The van der Waals surface area contributed by atoms with Gasteiger partial charge in [-0.2, -0.15) is 0 Å². The maximum Gasteiger partial charge on any atom is 0.268 e. The highest BCUT2D eigenvalue weighted by Crippen LogP contribution is 2.34. The zero-order valence-corrected chi connectivity index (χ0v) is 14.5. The molecule has 2 aliphatic rings. The number of carbonyl (C=O) groups excluding carboxylic acids is 2. The van der Waals surface area contributed by atoms with Crippen molar-refractivity contribution in [2.45, 2.75) is 45.6 Å². The summed E-state index contributed by atoms with van der Waals surface area (Å²) in [6.07, 6.45) is 2.68. The Kier molecular flexibility index (Phi) is 5.07. The summed E-state index contributed by atoms with van der Waals surface area (Å²) in [6.45, 7) is 6.27. The number of hydrogen-bond acceptors (Lipinski definition) is 3. The van der Waals surface area contributed by atoms with Gasteiger partial charge in [-0.25, -0.2) is 0 Å². The molecule has 1 aromatic rings. The van der Waals surface area contributed by atoms with Crippen molar-refractivity contribution in [2.75, 3.05) is 24.5 Å². The third-order valence-electron chi connectivity index (χ3n) is 5.02. The predicted octanol–water partition coefficient (Wildman–Crippen LogP) is 2.84. The summed E-state index contributed by atoms with van der Waals surface area (Å²) in [6, 6.07) is 7.56. The minimum absolute atomic E-state index is 0.0451. The van der Waals surface area contributed by atoms with Crippen molar-refractivity contribution in [2.24, 2.45) is 5.92 Å². The van der Waals surface area contributed by atoms with Gasteiger partial charge in [0, 0.05) is 26.1 Å². The van der Waals surface area contributed by atoms with Crippen molar-refractivity contribution >= 4 is 17.5 Å². The molecule has 1 unspecified atom stereocenters. The third-order valence-corrected chi connectivity index (χ3v) is 5.02. The van der Waals surface area contributed by atoms with Crippen LogP contribution in [0, 0.1) is 5.92 Å². The Bertz CT molecular complexity index is 608. The Morgan fingerprint density at radius 3 is 2.67 bits per heavy atom. The molecule has 130 valence electrons. The summed E-state index contributed by atoms with van der Waals surface area (Å²) in [5, 5.41) is 0. The number of amides is 2. The maximum absolute atomic E-state index is 12.6. The number of rotatable bonds is 4. The molecule has 0 radical (unpaired) electrons. The molecule has 0 aliphatic carbocycles. The molecule has 1 fully saturated rings. The van der Waals surface area contributed by atoms with Gasteiger partial charge in [-0.05, 0) is 37.3 Å². The maximum atomic E-state index is 12.6. The molecule has 24 heavy (non-hydrogen) atoms. The average Bonchev–Trinajstić information content (AvgIpc) is 2.61. The highest BCUT2D eigenvalue weighted by Gasteiger charge is 2.33. The van der Waals surface area contributed by atoms with Crippen molar-refractivity contribution < 1.29 is 14.3 Å². The first kappa shape index (κ1) is 16.8. The van der Waals surface area contributed by atoms with Crippen molar-refractivity contribution in [3.05, 3.63) is 24.3 Å². The van der Waals surface area contributed by atoms with Crippen LogP contribution in [0.25, 0.3) is 0 Å². The molecule has 5 heteroatoms. The molecular weight excluding hydrogens is 304 g/mol. The number of piperidine rings is 1. The van der Waals surface area contributed by atoms with Crippen LogP contribution in [-0.2, 0) is 9.59 Å². The van der Waals surface area contributed by atoms with E-state index in [1.165, 1.54) is 0 Å². The molecule has 2 amide bonds. The quantitative estimate of drug-likeness (QED) is 0.853. The van der Waals surface area contributed by atoms with Crippen molar-refractivity contribution in [3.63, 3.8) is 0 Å². The first-order valence-corrected chi connectivity index (χ1v) is 8.95. The number of anilines is 1. The highest BCUT2D eigenvalue weighted by molar-refractivity contribution is 6.00. The second kappa shape index (κ2) is 7.24. The fraction of sp³-hybridized carbons (Fsp3) is 0.579. The van der Waals surface area contributed by atoms with Gasteiger partial charge in [-0.15, -0.1) is 0 Å². The summed E-state index contributed by atoms with van der Waals surface area (Å²) in [5.41, 5.74) is 0.771. The van der Waals surface area contributed by atoms with E-state index in [-0.39, 0.29) is 11.8 Å². The van der Waals surface area contributed by atoms with Gasteiger partial charge in [0.15, 0.2) is 6.10 Å². The molecule has 2 aliphatic heterocycles. The second-order valence-corrected chi connectivity index (χ2v) is 6.79. The number of carbonyl (C=O) groups is 2. The summed E-state index contributed by atoms with van der Waals surface area (Å²) >= 11 is 0. The highest BCUT2D eigenvalue weighted by atomic mass is 16.5. The summed E-state index contributed by atoms with van der Waals surface area (Å²) in [7, 11) is 0.